The summed E-state index contributed by atoms with van der Waals surface area (Å²) in [7, 11) is 0. The molecule has 18 heavy (non-hydrogen) atoms. The monoisotopic (exact) mass is 268 g/mol. The van der Waals surface area contributed by atoms with E-state index in [9.17, 15) is 4.79 Å². The Morgan fingerprint density at radius 2 is 1.83 bits per heavy atom. The van der Waals surface area contributed by atoms with Crippen molar-refractivity contribution in [3.63, 3.8) is 0 Å². The highest BCUT2D eigenvalue weighted by Gasteiger charge is 2.06. The van der Waals surface area contributed by atoms with Crippen molar-refractivity contribution < 1.29 is 9.90 Å². The number of hydrogen-bond acceptors (Lipinski definition) is 1. The van der Waals surface area contributed by atoms with Crippen molar-refractivity contribution in [2.75, 3.05) is 0 Å². The van der Waals surface area contributed by atoms with E-state index in [4.69, 9.17) is 16.7 Å². The van der Waals surface area contributed by atoms with Crippen LogP contribution in [0.15, 0.2) is 18.2 Å². The highest BCUT2D eigenvalue weighted by Crippen LogP contribution is 2.20. The minimum Gasteiger partial charge on any atom is -0.478 e. The summed E-state index contributed by atoms with van der Waals surface area (Å²) in [6.07, 6.45) is 8.44. The van der Waals surface area contributed by atoms with Gasteiger partial charge in [0.2, 0.25) is 0 Å². The number of carboxylic acid groups (broad SMARTS) is 1. The summed E-state index contributed by atoms with van der Waals surface area (Å²) in [6.45, 7) is 2.21. The molecule has 100 valence electrons. The lowest BCUT2D eigenvalue weighted by Gasteiger charge is -2.05. The first-order valence-electron chi connectivity index (χ1n) is 6.67. The van der Waals surface area contributed by atoms with Crippen molar-refractivity contribution in [1.29, 1.82) is 0 Å². The van der Waals surface area contributed by atoms with E-state index in [1.165, 1.54) is 38.2 Å². The van der Waals surface area contributed by atoms with Crippen LogP contribution in [0.4, 0.5) is 0 Å². The van der Waals surface area contributed by atoms with Gasteiger partial charge >= 0.3 is 5.97 Å². The number of halogens is 1. The molecule has 0 atom stereocenters. The van der Waals surface area contributed by atoms with Crippen LogP contribution in [0, 0.1) is 0 Å². The Balaban J connectivity index is 2.36. The molecular formula is C15H21ClO2. The topological polar surface area (TPSA) is 37.3 Å². The molecule has 0 aliphatic heterocycles. The van der Waals surface area contributed by atoms with Crippen molar-refractivity contribution in [2.45, 2.75) is 51.9 Å². The Labute approximate surface area is 114 Å². The predicted molar refractivity (Wildman–Crippen MR) is 75.5 cm³/mol. The van der Waals surface area contributed by atoms with E-state index in [1.807, 2.05) is 6.07 Å². The second kappa shape index (κ2) is 8.15. The molecule has 0 heterocycles. The average molecular weight is 269 g/mol. The first-order valence-corrected chi connectivity index (χ1v) is 7.04. The molecule has 3 heteroatoms. The third kappa shape index (κ3) is 5.09. The average Bonchev–Trinajstić information content (AvgIpc) is 2.35. The fraction of sp³-hybridized carbons (Fsp3) is 0.533. The molecule has 1 aromatic rings. The van der Waals surface area contributed by atoms with Crippen molar-refractivity contribution >= 4 is 17.6 Å². The van der Waals surface area contributed by atoms with Gasteiger partial charge in [0.1, 0.15) is 0 Å². The zero-order valence-electron chi connectivity index (χ0n) is 10.9. The van der Waals surface area contributed by atoms with Crippen LogP contribution in [0.1, 0.15) is 61.4 Å². The van der Waals surface area contributed by atoms with Crippen LogP contribution in [0.5, 0.6) is 0 Å². The Kier molecular flexibility index (Phi) is 6.81. The van der Waals surface area contributed by atoms with Crippen LogP contribution < -0.4 is 0 Å². The van der Waals surface area contributed by atoms with E-state index in [1.54, 1.807) is 6.07 Å². The second-order valence-corrected chi connectivity index (χ2v) is 5.04. The standard InChI is InChI=1S/C15H21ClO2/c1-2-3-4-5-6-7-8-12-9-10-13(15(17)18)11-14(12)16/h9-11H,2-8H2,1H3,(H,17,18). The third-order valence-corrected chi connectivity index (χ3v) is 3.45. The fourth-order valence-electron chi connectivity index (χ4n) is 1.98. The molecule has 1 rings (SSSR count). The number of rotatable bonds is 8. The van der Waals surface area contributed by atoms with E-state index >= 15 is 0 Å². The van der Waals surface area contributed by atoms with Gasteiger partial charge in [-0.2, -0.15) is 0 Å². The van der Waals surface area contributed by atoms with Crippen LogP contribution in [0.3, 0.4) is 0 Å². The first kappa shape index (κ1) is 15.0. The number of carboxylic acids is 1. The summed E-state index contributed by atoms with van der Waals surface area (Å²) < 4.78 is 0. The molecule has 0 aliphatic carbocycles. The van der Waals surface area contributed by atoms with E-state index < -0.39 is 5.97 Å². The smallest absolute Gasteiger partial charge is 0.335 e. The van der Waals surface area contributed by atoms with Crippen molar-refractivity contribution in [1.82, 2.24) is 0 Å². The number of hydrogen-bond donors (Lipinski definition) is 1. The first-order chi connectivity index (χ1) is 8.65. The van der Waals surface area contributed by atoms with Crippen molar-refractivity contribution in [2.24, 2.45) is 0 Å². The maximum Gasteiger partial charge on any atom is 0.335 e. The normalized spacial score (nSPS) is 10.6. The van der Waals surface area contributed by atoms with Crippen molar-refractivity contribution in [3.8, 4) is 0 Å². The van der Waals surface area contributed by atoms with E-state index in [0.29, 0.717) is 5.02 Å². The second-order valence-electron chi connectivity index (χ2n) is 4.63. The lowest BCUT2D eigenvalue weighted by atomic mass is 10.0. The van der Waals surface area contributed by atoms with Gasteiger partial charge in [0.15, 0.2) is 0 Å². The highest BCUT2D eigenvalue weighted by atomic mass is 35.5. The number of unbranched alkanes of at least 4 members (excludes halogenated alkanes) is 5. The van der Waals surface area contributed by atoms with Crippen molar-refractivity contribution in [3.05, 3.63) is 34.3 Å². The van der Waals surface area contributed by atoms with E-state index in [2.05, 4.69) is 6.92 Å². The molecule has 0 radical (unpaired) electrons. The molecule has 0 saturated carbocycles. The molecule has 2 nitrogen and oxygen atoms in total. The minimum absolute atomic E-state index is 0.256. The van der Waals surface area contributed by atoms with Gasteiger partial charge < -0.3 is 5.11 Å². The quantitative estimate of drug-likeness (QED) is 0.678. The fourth-order valence-corrected chi connectivity index (χ4v) is 2.25. The summed E-state index contributed by atoms with van der Waals surface area (Å²) >= 11 is 6.07. The summed E-state index contributed by atoms with van der Waals surface area (Å²) in [4.78, 5) is 10.8. The van der Waals surface area contributed by atoms with Crippen LogP contribution in [0.25, 0.3) is 0 Å². The SMILES string of the molecule is CCCCCCCCc1ccc(C(=O)O)cc1Cl. The van der Waals surface area contributed by atoms with Crippen LogP contribution in [0.2, 0.25) is 5.02 Å². The number of aryl methyl sites for hydroxylation is 1. The summed E-state index contributed by atoms with van der Waals surface area (Å²) in [6, 6.07) is 4.99. The maximum atomic E-state index is 10.8. The molecule has 0 amide bonds. The van der Waals surface area contributed by atoms with Gasteiger partial charge in [-0.3, -0.25) is 0 Å². The zero-order chi connectivity index (χ0) is 13.4. The summed E-state index contributed by atoms with van der Waals surface area (Å²) in [5.74, 6) is -0.928. The van der Waals surface area contributed by atoms with Gasteiger partial charge in [-0.1, -0.05) is 56.7 Å². The van der Waals surface area contributed by atoms with Gasteiger partial charge in [-0.25, -0.2) is 4.79 Å². The lowest BCUT2D eigenvalue weighted by molar-refractivity contribution is 0.0697. The molecule has 0 spiro atoms. The number of benzene rings is 1. The Bertz CT molecular complexity index is 388. The molecule has 0 aliphatic rings. The Morgan fingerprint density at radius 3 is 2.44 bits per heavy atom. The van der Waals surface area contributed by atoms with E-state index in [0.717, 1.165) is 18.4 Å². The molecule has 0 saturated heterocycles. The number of aromatic carboxylic acids is 1. The van der Waals surface area contributed by atoms with Gasteiger partial charge in [-0.05, 0) is 30.5 Å². The van der Waals surface area contributed by atoms with Crippen LogP contribution >= 0.6 is 11.6 Å². The van der Waals surface area contributed by atoms with Crippen LogP contribution in [-0.4, -0.2) is 11.1 Å². The maximum absolute atomic E-state index is 10.8. The largest absolute Gasteiger partial charge is 0.478 e. The predicted octanol–water partition coefficient (Wildman–Crippen LogP) is 4.94. The molecule has 0 aromatic heterocycles. The Morgan fingerprint density at radius 1 is 1.17 bits per heavy atom. The zero-order valence-corrected chi connectivity index (χ0v) is 11.7. The van der Waals surface area contributed by atoms with E-state index in [-0.39, 0.29) is 5.56 Å². The van der Waals surface area contributed by atoms with Crippen LogP contribution in [-0.2, 0) is 6.42 Å². The van der Waals surface area contributed by atoms with Gasteiger partial charge in [-0.15, -0.1) is 0 Å². The minimum atomic E-state index is -0.928. The van der Waals surface area contributed by atoms with Gasteiger partial charge in [0.25, 0.3) is 0 Å². The molecule has 1 aromatic carbocycles. The Hall–Kier alpha value is -1.02. The van der Waals surface area contributed by atoms with Gasteiger partial charge in [0.05, 0.1) is 5.56 Å². The lowest BCUT2D eigenvalue weighted by Crippen LogP contribution is -1.97. The summed E-state index contributed by atoms with van der Waals surface area (Å²) in [5, 5.41) is 9.41. The number of carbonyl (C=O) groups is 1. The third-order valence-electron chi connectivity index (χ3n) is 3.10. The summed E-state index contributed by atoms with van der Waals surface area (Å²) in [5.41, 5.74) is 1.31. The molecule has 0 bridgehead atoms. The van der Waals surface area contributed by atoms with Gasteiger partial charge in [0, 0.05) is 5.02 Å². The highest BCUT2D eigenvalue weighted by molar-refractivity contribution is 6.31. The molecular weight excluding hydrogens is 248 g/mol. The molecule has 1 N–H and O–H groups in total. The molecule has 0 unspecified atom stereocenters. The molecule has 0 fully saturated rings.